The van der Waals surface area contributed by atoms with Gasteiger partial charge in [-0.05, 0) is 26.0 Å². The minimum absolute atomic E-state index is 0.0951. The Morgan fingerprint density at radius 2 is 1.93 bits per heavy atom. The number of hydrogen-bond acceptors (Lipinski definition) is 3. The molecule has 0 saturated heterocycles. The minimum atomic E-state index is -0.947. The Labute approximate surface area is 93.4 Å². The highest BCUT2D eigenvalue weighted by atomic mass is 32.2. The summed E-state index contributed by atoms with van der Waals surface area (Å²) in [5.74, 6) is -0.947. The van der Waals surface area contributed by atoms with Crippen LogP contribution in [0.5, 0.6) is 0 Å². The third kappa shape index (κ3) is 4.36. The first-order valence-electron chi connectivity index (χ1n) is 4.69. The highest BCUT2D eigenvalue weighted by Gasteiger charge is 2.20. The molecule has 0 amide bonds. The molecule has 3 nitrogen and oxygen atoms in total. The van der Waals surface area contributed by atoms with Gasteiger partial charge in [-0.15, -0.1) is 0 Å². The number of benzene rings is 1. The van der Waals surface area contributed by atoms with Gasteiger partial charge in [0.25, 0.3) is 0 Å². The van der Waals surface area contributed by atoms with Crippen LogP contribution in [-0.2, 0) is 9.53 Å². The van der Waals surface area contributed by atoms with Crippen molar-refractivity contribution in [3.63, 3.8) is 0 Å². The Bertz CT molecular complexity index is 311. The molecule has 0 fully saturated rings. The van der Waals surface area contributed by atoms with E-state index in [9.17, 15) is 4.79 Å². The van der Waals surface area contributed by atoms with Crippen LogP contribution in [0.15, 0.2) is 35.2 Å². The maximum atomic E-state index is 10.9. The zero-order valence-corrected chi connectivity index (χ0v) is 9.53. The van der Waals surface area contributed by atoms with Crippen LogP contribution in [0.3, 0.4) is 0 Å². The summed E-state index contributed by atoms with van der Waals surface area (Å²) in [7, 11) is 0. The van der Waals surface area contributed by atoms with Crippen LogP contribution in [-0.4, -0.2) is 22.6 Å². The lowest BCUT2D eigenvalue weighted by molar-refractivity contribution is -0.146. The molecule has 0 aromatic heterocycles. The Morgan fingerprint density at radius 3 is 2.40 bits per heavy atom. The zero-order valence-electron chi connectivity index (χ0n) is 8.71. The van der Waals surface area contributed by atoms with Gasteiger partial charge in [-0.2, -0.15) is 0 Å². The van der Waals surface area contributed by atoms with Gasteiger partial charge in [0.1, 0.15) is 0 Å². The van der Waals surface area contributed by atoms with Crippen LogP contribution in [0.2, 0.25) is 0 Å². The molecule has 1 N–H and O–H groups in total. The van der Waals surface area contributed by atoms with Gasteiger partial charge in [0, 0.05) is 4.90 Å². The number of ether oxygens (including phenoxy) is 1. The van der Waals surface area contributed by atoms with E-state index in [-0.39, 0.29) is 6.10 Å². The van der Waals surface area contributed by atoms with E-state index in [0.717, 1.165) is 4.90 Å². The van der Waals surface area contributed by atoms with Gasteiger partial charge in [0.2, 0.25) is 5.44 Å². The van der Waals surface area contributed by atoms with Gasteiger partial charge in [0.05, 0.1) is 6.10 Å². The standard InChI is InChI=1S/C11H14O3S/c1-8(2)14-11(10(12)13)15-9-6-4-3-5-7-9/h3-8,11H,1-2H3,(H,12,13). The van der Waals surface area contributed by atoms with Crippen molar-refractivity contribution in [2.75, 3.05) is 0 Å². The maximum Gasteiger partial charge on any atom is 0.343 e. The number of rotatable bonds is 5. The van der Waals surface area contributed by atoms with Crippen molar-refractivity contribution in [3.05, 3.63) is 30.3 Å². The largest absolute Gasteiger partial charge is 0.479 e. The Morgan fingerprint density at radius 1 is 1.33 bits per heavy atom. The normalized spacial score (nSPS) is 12.7. The van der Waals surface area contributed by atoms with E-state index in [2.05, 4.69) is 0 Å². The SMILES string of the molecule is CC(C)OC(Sc1ccccc1)C(=O)O. The number of aliphatic carboxylic acids is 1. The van der Waals surface area contributed by atoms with E-state index in [0.29, 0.717) is 0 Å². The van der Waals surface area contributed by atoms with Crippen LogP contribution in [0, 0.1) is 0 Å². The van der Waals surface area contributed by atoms with Crippen molar-refractivity contribution in [2.45, 2.75) is 30.3 Å². The molecule has 0 aliphatic carbocycles. The summed E-state index contributed by atoms with van der Waals surface area (Å²) in [6.07, 6.45) is -0.0951. The number of carboxylic acids is 1. The first-order valence-corrected chi connectivity index (χ1v) is 5.57. The topological polar surface area (TPSA) is 46.5 Å². The van der Waals surface area contributed by atoms with Crippen molar-refractivity contribution >= 4 is 17.7 Å². The number of hydrogen-bond donors (Lipinski definition) is 1. The van der Waals surface area contributed by atoms with Crippen molar-refractivity contribution < 1.29 is 14.6 Å². The van der Waals surface area contributed by atoms with Crippen molar-refractivity contribution in [3.8, 4) is 0 Å². The lowest BCUT2D eigenvalue weighted by Gasteiger charge is -2.15. The smallest absolute Gasteiger partial charge is 0.343 e. The molecule has 0 spiro atoms. The Hall–Kier alpha value is -1.00. The molecule has 1 aromatic rings. The molecule has 4 heteroatoms. The van der Waals surface area contributed by atoms with E-state index in [4.69, 9.17) is 9.84 Å². The second kappa shape index (κ2) is 5.78. The number of carbonyl (C=O) groups is 1. The molecule has 82 valence electrons. The highest BCUT2D eigenvalue weighted by Crippen LogP contribution is 2.24. The second-order valence-electron chi connectivity index (χ2n) is 3.29. The van der Waals surface area contributed by atoms with Crippen molar-refractivity contribution in [1.29, 1.82) is 0 Å². The molecule has 0 saturated carbocycles. The lowest BCUT2D eigenvalue weighted by atomic mass is 10.4. The molecule has 1 atom stereocenters. The summed E-state index contributed by atoms with van der Waals surface area (Å²) in [6, 6.07) is 9.37. The predicted octanol–water partition coefficient (Wildman–Crippen LogP) is 2.61. The summed E-state index contributed by atoms with van der Waals surface area (Å²) in [6.45, 7) is 3.64. The van der Waals surface area contributed by atoms with Crippen molar-refractivity contribution in [1.82, 2.24) is 0 Å². The summed E-state index contributed by atoms with van der Waals surface area (Å²) in [5.41, 5.74) is -0.840. The van der Waals surface area contributed by atoms with Crippen LogP contribution in [0.25, 0.3) is 0 Å². The predicted molar refractivity (Wildman–Crippen MR) is 59.9 cm³/mol. The lowest BCUT2D eigenvalue weighted by Crippen LogP contribution is -2.23. The van der Waals surface area contributed by atoms with E-state index < -0.39 is 11.4 Å². The Kier molecular flexibility index (Phi) is 4.65. The monoisotopic (exact) mass is 226 g/mol. The van der Waals surface area contributed by atoms with Gasteiger partial charge in [0.15, 0.2) is 0 Å². The fraction of sp³-hybridized carbons (Fsp3) is 0.364. The second-order valence-corrected chi connectivity index (χ2v) is 4.42. The summed E-state index contributed by atoms with van der Waals surface area (Å²) < 4.78 is 5.28. The fourth-order valence-electron chi connectivity index (χ4n) is 1.01. The van der Waals surface area contributed by atoms with E-state index >= 15 is 0 Å². The molecule has 1 rings (SSSR count). The van der Waals surface area contributed by atoms with Gasteiger partial charge < -0.3 is 9.84 Å². The molecule has 1 unspecified atom stereocenters. The highest BCUT2D eigenvalue weighted by molar-refractivity contribution is 8.00. The van der Waals surface area contributed by atoms with Gasteiger partial charge in [-0.25, -0.2) is 4.79 Å². The quantitative estimate of drug-likeness (QED) is 0.619. The number of thioether (sulfide) groups is 1. The zero-order chi connectivity index (χ0) is 11.3. The Balaban J connectivity index is 2.63. The van der Waals surface area contributed by atoms with E-state index in [1.165, 1.54) is 11.8 Å². The first kappa shape index (κ1) is 12.1. The van der Waals surface area contributed by atoms with E-state index in [1.807, 2.05) is 44.2 Å². The van der Waals surface area contributed by atoms with Gasteiger partial charge >= 0.3 is 5.97 Å². The van der Waals surface area contributed by atoms with Gasteiger partial charge in [-0.3, -0.25) is 0 Å². The van der Waals surface area contributed by atoms with Gasteiger partial charge in [-0.1, -0.05) is 30.0 Å². The first-order chi connectivity index (χ1) is 7.09. The summed E-state index contributed by atoms with van der Waals surface area (Å²) in [4.78, 5) is 11.8. The number of carboxylic acid groups (broad SMARTS) is 1. The summed E-state index contributed by atoms with van der Waals surface area (Å²) in [5, 5.41) is 8.94. The molecule has 0 aliphatic rings. The van der Waals surface area contributed by atoms with E-state index in [1.54, 1.807) is 0 Å². The molecule has 0 bridgehead atoms. The average molecular weight is 226 g/mol. The van der Waals surface area contributed by atoms with Crippen LogP contribution < -0.4 is 0 Å². The molecule has 0 aliphatic heterocycles. The van der Waals surface area contributed by atoms with Crippen LogP contribution in [0.4, 0.5) is 0 Å². The summed E-state index contributed by atoms with van der Waals surface area (Å²) >= 11 is 1.20. The third-order valence-corrected chi connectivity index (χ3v) is 2.65. The fourth-order valence-corrected chi connectivity index (χ4v) is 1.95. The molecule has 1 aromatic carbocycles. The van der Waals surface area contributed by atoms with Crippen LogP contribution in [0.1, 0.15) is 13.8 Å². The average Bonchev–Trinajstić information content (AvgIpc) is 2.17. The maximum absolute atomic E-state index is 10.9. The molecule has 0 heterocycles. The molecule has 15 heavy (non-hydrogen) atoms. The third-order valence-electron chi connectivity index (χ3n) is 1.58. The molecule has 0 radical (unpaired) electrons. The molecular weight excluding hydrogens is 212 g/mol. The molecular formula is C11H14O3S. The van der Waals surface area contributed by atoms with Crippen molar-refractivity contribution in [2.24, 2.45) is 0 Å². The minimum Gasteiger partial charge on any atom is -0.479 e. The van der Waals surface area contributed by atoms with Crippen LogP contribution >= 0.6 is 11.8 Å².